The molecule has 0 bridgehead atoms. The van der Waals surface area contributed by atoms with Crippen LogP contribution >= 0.6 is 0 Å². The van der Waals surface area contributed by atoms with Gasteiger partial charge < -0.3 is 33.7 Å². The molecule has 11 heteroatoms. The summed E-state index contributed by atoms with van der Waals surface area (Å²) in [6.45, 7) is 5.91. The summed E-state index contributed by atoms with van der Waals surface area (Å²) in [7, 11) is 1.39. The summed E-state index contributed by atoms with van der Waals surface area (Å²) in [5.74, 6) is -0.598. The quantitative estimate of drug-likeness (QED) is 0.204. The van der Waals surface area contributed by atoms with Crippen molar-refractivity contribution in [1.82, 2.24) is 10.3 Å². The van der Waals surface area contributed by atoms with Crippen molar-refractivity contribution in [1.29, 1.82) is 0 Å². The number of amides is 1. The molecule has 0 saturated carbocycles. The van der Waals surface area contributed by atoms with Crippen LogP contribution in [0.4, 0.5) is 0 Å². The number of pyridine rings is 1. The maximum Gasteiger partial charge on any atom is 0.328 e. The van der Waals surface area contributed by atoms with E-state index in [0.717, 1.165) is 0 Å². The summed E-state index contributed by atoms with van der Waals surface area (Å²) in [6, 6.07) is 18.9. The van der Waals surface area contributed by atoms with Gasteiger partial charge in [-0.15, -0.1) is 0 Å². The summed E-state index contributed by atoms with van der Waals surface area (Å²) >= 11 is 0. The molecular formula is C31H36N2O9. The van der Waals surface area contributed by atoms with Crippen molar-refractivity contribution < 1.29 is 42.8 Å². The van der Waals surface area contributed by atoms with Gasteiger partial charge >= 0.3 is 11.9 Å². The number of rotatable bonds is 15. The molecule has 0 fully saturated rings. The zero-order valence-corrected chi connectivity index (χ0v) is 24.3. The van der Waals surface area contributed by atoms with Crippen LogP contribution in [0.3, 0.4) is 0 Å². The topological polar surface area (TPSA) is 132 Å². The fraction of sp³-hybridized carbons (Fsp3) is 0.355. The number of aromatic nitrogens is 1. The first-order chi connectivity index (χ1) is 20.2. The molecule has 0 radical (unpaired) electrons. The van der Waals surface area contributed by atoms with Gasteiger partial charge in [0.05, 0.1) is 7.11 Å². The molecule has 42 heavy (non-hydrogen) atoms. The Labute approximate surface area is 245 Å². The first-order valence-electron chi connectivity index (χ1n) is 13.5. The van der Waals surface area contributed by atoms with Crippen LogP contribution in [-0.2, 0) is 19.1 Å². The molecule has 1 N–H and O–H groups in total. The highest BCUT2D eigenvalue weighted by atomic mass is 16.7. The maximum atomic E-state index is 13.1. The second kappa shape index (κ2) is 15.8. The number of carbonyl (C=O) groups is 3. The summed E-state index contributed by atoms with van der Waals surface area (Å²) in [5.41, 5.74) is -0.165. The first kappa shape index (κ1) is 31.7. The number of carbonyl (C=O) groups excluding carboxylic acids is 3. The first-order valence-corrected chi connectivity index (χ1v) is 13.5. The highest BCUT2D eigenvalue weighted by Gasteiger charge is 2.34. The number of ether oxygens (including phenoxy) is 6. The summed E-state index contributed by atoms with van der Waals surface area (Å²) < 4.78 is 33.7. The fourth-order valence-corrected chi connectivity index (χ4v) is 3.93. The average molecular weight is 581 g/mol. The van der Waals surface area contributed by atoms with Gasteiger partial charge in [-0.05, 0) is 44.5 Å². The number of benzene rings is 2. The van der Waals surface area contributed by atoms with E-state index in [-0.39, 0.29) is 17.2 Å². The number of nitrogens with zero attached hydrogens (tertiary/aromatic N) is 1. The molecular weight excluding hydrogens is 544 g/mol. The Morgan fingerprint density at radius 2 is 1.52 bits per heavy atom. The molecule has 0 aliphatic rings. The van der Waals surface area contributed by atoms with Crippen LogP contribution < -0.4 is 24.3 Å². The minimum Gasteiger partial charge on any atom is -0.493 e. The Balaban J connectivity index is 1.73. The van der Waals surface area contributed by atoms with Crippen molar-refractivity contribution in [2.24, 2.45) is 0 Å². The average Bonchev–Trinajstić information content (AvgIpc) is 2.99. The van der Waals surface area contributed by atoms with Crippen LogP contribution in [0.25, 0.3) is 0 Å². The SMILES string of the molecule is CC[C@H](Oc1ccccc1)[C@@H](Oc1ccccc1)[C@H](C)OC(=O)[C@H](C)NC(=O)c1nccc(OC)c1OCOC(C)=O. The second-order valence-corrected chi connectivity index (χ2v) is 9.20. The van der Waals surface area contributed by atoms with Gasteiger partial charge in [-0.2, -0.15) is 0 Å². The van der Waals surface area contributed by atoms with E-state index in [1.54, 1.807) is 6.92 Å². The van der Waals surface area contributed by atoms with Gasteiger partial charge in [0.25, 0.3) is 5.91 Å². The van der Waals surface area contributed by atoms with Gasteiger partial charge in [0.2, 0.25) is 6.79 Å². The van der Waals surface area contributed by atoms with Crippen LogP contribution in [0.15, 0.2) is 72.9 Å². The van der Waals surface area contributed by atoms with Gasteiger partial charge in [-0.1, -0.05) is 43.3 Å². The lowest BCUT2D eigenvalue weighted by atomic mass is 10.1. The Hall–Kier alpha value is -4.80. The molecule has 11 nitrogen and oxygen atoms in total. The third-order valence-corrected chi connectivity index (χ3v) is 6.05. The van der Waals surface area contributed by atoms with Crippen molar-refractivity contribution >= 4 is 17.8 Å². The summed E-state index contributed by atoms with van der Waals surface area (Å²) in [4.78, 5) is 41.4. The molecule has 224 valence electrons. The molecule has 3 aromatic rings. The van der Waals surface area contributed by atoms with E-state index in [0.29, 0.717) is 17.9 Å². The van der Waals surface area contributed by atoms with Gasteiger partial charge in [0.1, 0.15) is 29.7 Å². The monoisotopic (exact) mass is 580 g/mol. The van der Waals surface area contributed by atoms with E-state index in [1.165, 1.54) is 33.2 Å². The number of hydrogen-bond donors (Lipinski definition) is 1. The lowest BCUT2D eigenvalue weighted by Gasteiger charge is -2.32. The van der Waals surface area contributed by atoms with Crippen molar-refractivity contribution in [2.45, 2.75) is 58.5 Å². The van der Waals surface area contributed by atoms with Crippen molar-refractivity contribution in [3.63, 3.8) is 0 Å². The zero-order valence-electron chi connectivity index (χ0n) is 24.3. The van der Waals surface area contributed by atoms with E-state index in [1.807, 2.05) is 67.6 Å². The lowest BCUT2D eigenvalue weighted by Crippen LogP contribution is -2.48. The standard InChI is InChI=1S/C31H36N2O9/c1-6-25(41-23-13-9-7-10-14-23)28(42-24-15-11-8-12-16-24)21(3)40-31(36)20(2)33-30(35)27-29(39-19-38-22(4)34)26(37-5)17-18-32-27/h7-18,20-21,25,28H,6,19H2,1-5H3,(H,33,35)/t20-,21-,25-,28-/m0/s1. The normalized spacial score (nSPS) is 13.5. The molecule has 0 saturated heterocycles. The third kappa shape index (κ3) is 9.12. The highest BCUT2D eigenvalue weighted by Crippen LogP contribution is 2.29. The number of methoxy groups -OCH3 is 1. The van der Waals surface area contributed by atoms with Crippen LogP contribution in [-0.4, -0.2) is 61.1 Å². The smallest absolute Gasteiger partial charge is 0.328 e. The molecule has 0 spiro atoms. The second-order valence-electron chi connectivity index (χ2n) is 9.20. The number of nitrogens with one attached hydrogen (secondary N) is 1. The minimum absolute atomic E-state index is 0.0483. The van der Waals surface area contributed by atoms with Gasteiger partial charge in [-0.3, -0.25) is 9.59 Å². The van der Waals surface area contributed by atoms with Gasteiger partial charge in [-0.25, -0.2) is 9.78 Å². The third-order valence-electron chi connectivity index (χ3n) is 6.05. The zero-order chi connectivity index (χ0) is 30.5. The van der Waals surface area contributed by atoms with Crippen molar-refractivity contribution in [3.8, 4) is 23.0 Å². The van der Waals surface area contributed by atoms with Crippen molar-refractivity contribution in [3.05, 3.63) is 78.6 Å². The largest absolute Gasteiger partial charge is 0.493 e. The van der Waals surface area contributed by atoms with E-state index in [2.05, 4.69) is 10.3 Å². The molecule has 4 atom stereocenters. The van der Waals surface area contributed by atoms with Crippen LogP contribution in [0, 0.1) is 0 Å². The molecule has 1 heterocycles. The summed E-state index contributed by atoms with van der Waals surface area (Å²) in [6.07, 6.45) is 0.0195. The summed E-state index contributed by atoms with van der Waals surface area (Å²) in [5, 5.41) is 2.57. The van der Waals surface area contributed by atoms with Crippen molar-refractivity contribution in [2.75, 3.05) is 13.9 Å². The number of esters is 2. The van der Waals surface area contributed by atoms with Gasteiger partial charge in [0, 0.05) is 19.2 Å². The molecule has 2 aromatic carbocycles. The Kier molecular flexibility index (Phi) is 12.0. The molecule has 3 rings (SSSR count). The number of para-hydroxylation sites is 2. The van der Waals surface area contributed by atoms with E-state index >= 15 is 0 Å². The highest BCUT2D eigenvalue weighted by molar-refractivity contribution is 5.98. The number of hydrogen-bond acceptors (Lipinski definition) is 10. The fourth-order valence-electron chi connectivity index (χ4n) is 3.93. The van der Waals surface area contributed by atoms with Crippen LogP contribution in [0.2, 0.25) is 0 Å². The molecule has 1 amide bonds. The van der Waals surface area contributed by atoms with Crippen LogP contribution in [0.5, 0.6) is 23.0 Å². The predicted molar refractivity (Wildman–Crippen MR) is 153 cm³/mol. The lowest BCUT2D eigenvalue weighted by molar-refractivity contribution is -0.157. The Bertz CT molecular complexity index is 1300. The van der Waals surface area contributed by atoms with Crippen LogP contribution in [0.1, 0.15) is 44.6 Å². The molecule has 0 unspecified atom stereocenters. The Morgan fingerprint density at radius 1 is 0.905 bits per heavy atom. The minimum atomic E-state index is -1.07. The van der Waals surface area contributed by atoms with E-state index in [9.17, 15) is 14.4 Å². The molecule has 0 aliphatic carbocycles. The maximum absolute atomic E-state index is 13.1. The predicted octanol–water partition coefficient (Wildman–Crippen LogP) is 4.34. The molecule has 0 aliphatic heterocycles. The Morgan fingerprint density at radius 3 is 2.10 bits per heavy atom. The van der Waals surface area contributed by atoms with E-state index < -0.39 is 49.0 Å². The van der Waals surface area contributed by atoms with Gasteiger partial charge in [0.15, 0.2) is 23.3 Å². The van der Waals surface area contributed by atoms with E-state index in [4.69, 9.17) is 28.4 Å². The molecule has 1 aromatic heterocycles.